The Hall–Kier alpha value is -1.99. The molecule has 0 bridgehead atoms. The van der Waals surface area contributed by atoms with Crippen molar-refractivity contribution in [1.29, 1.82) is 0 Å². The first-order valence-electron chi connectivity index (χ1n) is 23.1. The van der Waals surface area contributed by atoms with Crippen LogP contribution in [0.4, 0.5) is 0 Å². The van der Waals surface area contributed by atoms with Crippen molar-refractivity contribution in [3.8, 4) is 0 Å². The summed E-state index contributed by atoms with van der Waals surface area (Å²) in [6, 6.07) is -0.322. The van der Waals surface area contributed by atoms with Crippen molar-refractivity contribution in [2.24, 2.45) is 34.7 Å². The fourth-order valence-corrected chi connectivity index (χ4v) is 10.6. The van der Waals surface area contributed by atoms with Crippen LogP contribution in [0.5, 0.6) is 0 Å². The van der Waals surface area contributed by atoms with Crippen LogP contribution in [-0.2, 0) is 47.6 Å². The number of cyclic esters (lactones) is 1. The van der Waals surface area contributed by atoms with Crippen LogP contribution in [0.2, 0.25) is 0 Å². The molecule has 18 atom stereocenters. The van der Waals surface area contributed by atoms with E-state index in [0.717, 1.165) is 25.7 Å². The number of likely N-dealkylation sites (N-methyl/N-ethyl adjacent to an activating group) is 1. The summed E-state index contributed by atoms with van der Waals surface area (Å²) in [4.78, 5) is 34.6. The van der Waals surface area contributed by atoms with Gasteiger partial charge in [-0.25, -0.2) is 0 Å². The lowest BCUT2D eigenvalue weighted by atomic mass is 9.73. The van der Waals surface area contributed by atoms with Crippen molar-refractivity contribution in [2.45, 2.75) is 218 Å². The van der Waals surface area contributed by atoms with Gasteiger partial charge in [-0.3, -0.25) is 9.59 Å². The molecule has 0 aromatic carbocycles. The quantitative estimate of drug-likeness (QED) is 0.164. The number of esters is 2. The highest BCUT2D eigenvalue weighted by Gasteiger charge is 2.54. The summed E-state index contributed by atoms with van der Waals surface area (Å²) in [5.41, 5.74) is -4.31. The van der Waals surface area contributed by atoms with Crippen LogP contribution in [0.3, 0.4) is 0 Å². The van der Waals surface area contributed by atoms with Crippen molar-refractivity contribution < 1.29 is 68.0 Å². The Morgan fingerprint density at radius 2 is 1.56 bits per heavy atom. The third-order valence-corrected chi connectivity index (χ3v) is 14.3. The van der Waals surface area contributed by atoms with Crippen LogP contribution in [0.1, 0.15) is 134 Å². The number of ether oxygens (including phenoxy) is 7. The molecule has 16 nitrogen and oxygen atoms in total. The smallest absolute Gasteiger partial charge is 0.311 e. The minimum Gasteiger partial charge on any atom is -0.459 e. The first kappa shape index (κ1) is 52.6. The molecule has 1 unspecified atom stereocenters. The number of rotatable bonds is 11. The number of methoxy groups -OCH3 is 1. The van der Waals surface area contributed by atoms with E-state index in [1.807, 2.05) is 32.8 Å². The van der Waals surface area contributed by atoms with Crippen LogP contribution in [-0.4, -0.2) is 155 Å². The number of hydrogen-bond acceptors (Lipinski definition) is 16. The maximum atomic E-state index is 14.5. The topological polar surface area (TPSA) is 204 Å². The number of aliphatic hydroxyl groups is 4. The van der Waals surface area contributed by atoms with Crippen LogP contribution >= 0.6 is 0 Å². The van der Waals surface area contributed by atoms with Crippen LogP contribution in [0, 0.1) is 29.6 Å². The molecule has 1 aliphatic carbocycles. The lowest BCUT2D eigenvalue weighted by molar-refractivity contribution is -0.318. The van der Waals surface area contributed by atoms with Gasteiger partial charge in [0, 0.05) is 44.2 Å². The number of aliphatic hydroxyl groups excluding tert-OH is 2. The Morgan fingerprint density at radius 1 is 0.919 bits per heavy atom. The Kier molecular flexibility index (Phi) is 18.7. The molecule has 360 valence electrons. The average molecular weight is 887 g/mol. The van der Waals surface area contributed by atoms with Crippen molar-refractivity contribution >= 4 is 17.7 Å². The fourth-order valence-electron chi connectivity index (χ4n) is 10.6. The third-order valence-electron chi connectivity index (χ3n) is 14.3. The molecule has 3 saturated heterocycles. The number of carbonyl (C=O) groups excluding carboxylic acids is 2. The molecule has 4 fully saturated rings. The molecule has 3 aliphatic heterocycles. The van der Waals surface area contributed by atoms with Gasteiger partial charge >= 0.3 is 11.9 Å². The zero-order chi connectivity index (χ0) is 46.5. The summed E-state index contributed by atoms with van der Waals surface area (Å²) in [7, 11) is 5.27. The zero-order valence-electron chi connectivity index (χ0n) is 40.1. The number of nitrogens with zero attached hydrogens (tertiary/aromatic N) is 2. The molecule has 0 amide bonds. The zero-order valence-corrected chi connectivity index (χ0v) is 40.1. The Bertz CT molecular complexity index is 1470. The van der Waals surface area contributed by atoms with E-state index in [1.165, 1.54) is 27.4 Å². The summed E-state index contributed by atoms with van der Waals surface area (Å²) >= 11 is 0. The highest BCUT2D eigenvalue weighted by Crippen LogP contribution is 2.41. The molecule has 0 radical (unpaired) electrons. The predicted molar refractivity (Wildman–Crippen MR) is 231 cm³/mol. The van der Waals surface area contributed by atoms with Gasteiger partial charge in [-0.2, -0.15) is 0 Å². The van der Waals surface area contributed by atoms with Crippen molar-refractivity contribution in [3.63, 3.8) is 0 Å². The number of hydrogen-bond donors (Lipinski definition) is 4. The molecule has 4 aliphatic rings. The van der Waals surface area contributed by atoms with E-state index >= 15 is 0 Å². The van der Waals surface area contributed by atoms with E-state index in [2.05, 4.69) is 5.16 Å². The summed E-state index contributed by atoms with van der Waals surface area (Å²) in [6.45, 7) is 19.1. The molecular weight excluding hydrogens is 805 g/mol. The van der Waals surface area contributed by atoms with Crippen LogP contribution in [0.25, 0.3) is 0 Å². The average Bonchev–Trinajstić information content (AvgIpc) is 3.20. The minimum atomic E-state index is -1.93. The first-order valence-corrected chi connectivity index (χ1v) is 23.1. The van der Waals surface area contributed by atoms with Gasteiger partial charge in [0.1, 0.15) is 30.0 Å². The van der Waals surface area contributed by atoms with Gasteiger partial charge in [0.15, 0.2) is 18.7 Å². The second kappa shape index (κ2) is 22.0. The minimum absolute atomic E-state index is 0.0217. The standard InChI is InChI=1S/C46H82N2O14/c1-15-34-46(11,54)39(51)27(4)36(47-56-24-32-19-17-16-18-20-32)25(2)22-44(9,53)40(62-43-37(50)33(48(12)13)21-26(3)57-43)28(5)38(29(6)42(52)60-34)61-35-23-45(10,55-14)41(30(7)58-35)59-31(8)49/h25-30,32-35,37-41,43,50-51,53-54H,15-24H2,1-14H3/b47-36+/t25-,26-,27-,28+,29-,30+,33+,34+,35+,37-,38+,39-,40-,41+,43+,44?,45-,46-/m1/s1. The van der Waals surface area contributed by atoms with Gasteiger partial charge in [-0.1, -0.05) is 52.1 Å². The Morgan fingerprint density at radius 3 is 2.15 bits per heavy atom. The Labute approximate surface area is 370 Å². The molecule has 16 heteroatoms. The molecule has 4 N–H and O–H groups in total. The van der Waals surface area contributed by atoms with Gasteiger partial charge in [0.05, 0.1) is 47.8 Å². The second-order valence-corrected chi connectivity index (χ2v) is 20.0. The van der Waals surface area contributed by atoms with Crippen LogP contribution in [0.15, 0.2) is 5.16 Å². The monoisotopic (exact) mass is 887 g/mol. The highest BCUT2D eigenvalue weighted by molar-refractivity contribution is 5.88. The number of oxime groups is 1. The maximum absolute atomic E-state index is 14.5. The molecule has 3 heterocycles. The predicted octanol–water partition coefficient (Wildman–Crippen LogP) is 4.74. The van der Waals surface area contributed by atoms with Gasteiger partial charge in [-0.05, 0) is 93.7 Å². The summed E-state index contributed by atoms with van der Waals surface area (Å²) in [5.74, 6) is -4.14. The Balaban J connectivity index is 1.85. The molecule has 0 spiro atoms. The van der Waals surface area contributed by atoms with Crippen LogP contribution < -0.4 is 0 Å². The number of carbonyl (C=O) groups is 2. The van der Waals surface area contributed by atoms with E-state index in [-0.39, 0.29) is 31.4 Å². The summed E-state index contributed by atoms with van der Waals surface area (Å²) in [6.07, 6.45) is -3.57. The summed E-state index contributed by atoms with van der Waals surface area (Å²) < 4.78 is 44.0. The molecule has 0 aromatic heterocycles. The molecule has 1 saturated carbocycles. The van der Waals surface area contributed by atoms with E-state index in [1.54, 1.807) is 48.5 Å². The molecular formula is C46H82N2O14. The largest absolute Gasteiger partial charge is 0.459 e. The van der Waals surface area contributed by atoms with Gasteiger partial charge in [0.2, 0.25) is 0 Å². The van der Waals surface area contributed by atoms with E-state index in [9.17, 15) is 30.0 Å². The van der Waals surface area contributed by atoms with E-state index in [0.29, 0.717) is 24.7 Å². The first-order chi connectivity index (χ1) is 28.9. The van der Waals surface area contributed by atoms with Crippen molar-refractivity contribution in [3.05, 3.63) is 0 Å². The van der Waals surface area contributed by atoms with Crippen molar-refractivity contribution in [2.75, 3.05) is 27.8 Å². The second-order valence-electron chi connectivity index (χ2n) is 20.0. The fraction of sp³-hybridized carbons (Fsp3) is 0.935. The third kappa shape index (κ3) is 12.5. The van der Waals surface area contributed by atoms with Gasteiger partial charge < -0.3 is 63.3 Å². The lowest BCUT2D eigenvalue weighted by Crippen LogP contribution is -2.61. The summed E-state index contributed by atoms with van der Waals surface area (Å²) in [5, 5.41) is 53.4. The maximum Gasteiger partial charge on any atom is 0.311 e. The highest BCUT2D eigenvalue weighted by atomic mass is 16.7. The van der Waals surface area contributed by atoms with E-state index in [4.69, 9.17) is 38.0 Å². The lowest BCUT2D eigenvalue weighted by Gasteiger charge is -2.49. The van der Waals surface area contributed by atoms with E-state index < -0.39 is 108 Å². The van der Waals surface area contributed by atoms with Gasteiger partial charge in [0.25, 0.3) is 0 Å². The normalized spacial score (nSPS) is 45.3. The van der Waals surface area contributed by atoms with Gasteiger partial charge in [-0.15, -0.1) is 0 Å². The SMILES string of the molecule is CC[C@@H]1OC(=O)[C@H](C)[C@@H](O[C@H]2C[C@@](C)(OC)[C@@H](OC(C)=O)[C@H](C)O2)[C@H](C)[C@@H](O[C@@H]2O[C@H](C)C[C@H](N(C)C)[C@H]2O)C(C)(O)C[C@@H](C)/C(=N\OCC2CCCCC2)[C@@H](C)[C@@H](O)[C@]1(C)O. The van der Waals surface area contributed by atoms with Crippen molar-refractivity contribution in [1.82, 2.24) is 4.90 Å². The molecule has 62 heavy (non-hydrogen) atoms. The molecule has 4 rings (SSSR count). The molecule has 0 aromatic rings.